The molecule has 4 aliphatic rings. The van der Waals surface area contributed by atoms with Crippen LogP contribution in [0, 0.1) is 0 Å². The zero-order chi connectivity index (χ0) is 30.8. The molecule has 0 atom stereocenters. The Hall–Kier alpha value is -1.89. The lowest BCUT2D eigenvalue weighted by Crippen LogP contribution is -2.46. The van der Waals surface area contributed by atoms with Crippen LogP contribution in [0.5, 0.6) is 5.75 Å². The van der Waals surface area contributed by atoms with Gasteiger partial charge in [-0.05, 0) is 86.4 Å². The average molecular weight is 673 g/mol. The summed E-state index contributed by atoms with van der Waals surface area (Å²) in [6.07, 6.45) is 13.0. The highest BCUT2D eigenvalue weighted by Crippen LogP contribution is 2.32. The molecule has 2 aliphatic heterocycles. The van der Waals surface area contributed by atoms with Crippen molar-refractivity contribution in [2.75, 3.05) is 52.6 Å². The largest absolute Gasteiger partial charge is 0.490 e. The maximum absolute atomic E-state index is 9.38. The van der Waals surface area contributed by atoms with E-state index in [0.717, 1.165) is 116 Å². The van der Waals surface area contributed by atoms with Crippen LogP contribution in [0.1, 0.15) is 51.4 Å². The lowest BCUT2D eigenvalue weighted by molar-refractivity contribution is -0.00366. The number of nitrogens with zero attached hydrogens (tertiary/aromatic N) is 4. The van der Waals surface area contributed by atoms with E-state index >= 15 is 0 Å². The molecule has 2 aliphatic carbocycles. The van der Waals surface area contributed by atoms with Crippen LogP contribution in [-0.4, -0.2) is 102 Å². The standard InChI is InChI=1S/C17H22N2O2S.C10H19NO2.C7H4ClNS/c1-3-14(4-2-13(1)19-8-10-20-11-9-19)21-16-5-7-18-17-15(16)6-12-22-17;12-10-3-1-9(2-4-10)11-5-7-13-8-6-11;8-6-1-3-9-7-5(6)2-4-10-7/h5-7,12-14H,1-4,8-11H2;9-10,12H,1-8H2;1-4H. The first kappa shape index (κ1) is 33.0. The molecule has 11 heteroatoms. The number of morpholine rings is 2. The molecule has 0 unspecified atom stereocenters. The third-order valence-electron chi connectivity index (χ3n) is 9.37. The van der Waals surface area contributed by atoms with Gasteiger partial charge in [0.25, 0.3) is 0 Å². The van der Waals surface area contributed by atoms with E-state index in [4.69, 9.17) is 25.8 Å². The molecule has 0 aromatic carbocycles. The fraction of sp³-hybridized carbons (Fsp3) is 0.588. The van der Waals surface area contributed by atoms with Gasteiger partial charge in [-0.15, -0.1) is 22.7 Å². The van der Waals surface area contributed by atoms with Crippen molar-refractivity contribution in [1.29, 1.82) is 0 Å². The summed E-state index contributed by atoms with van der Waals surface area (Å²) in [5.41, 5.74) is 0. The lowest BCUT2D eigenvalue weighted by atomic mass is 9.91. The van der Waals surface area contributed by atoms with E-state index in [1.165, 1.54) is 25.7 Å². The molecule has 1 N–H and O–H groups in total. The molecule has 0 bridgehead atoms. The number of aliphatic hydroxyl groups excluding tert-OH is 1. The summed E-state index contributed by atoms with van der Waals surface area (Å²) in [5.74, 6) is 1.00. The minimum absolute atomic E-state index is 0.0303. The van der Waals surface area contributed by atoms with E-state index in [2.05, 4.69) is 31.2 Å². The Bertz CT molecular complexity index is 1440. The second-order valence-electron chi connectivity index (χ2n) is 12.2. The van der Waals surface area contributed by atoms with Crippen molar-refractivity contribution in [3.63, 3.8) is 0 Å². The van der Waals surface area contributed by atoms with Crippen molar-refractivity contribution in [2.24, 2.45) is 0 Å². The van der Waals surface area contributed by atoms with Crippen LogP contribution in [0.4, 0.5) is 0 Å². The minimum atomic E-state index is -0.0303. The Balaban J connectivity index is 0.000000131. The van der Waals surface area contributed by atoms with Gasteiger partial charge in [0.2, 0.25) is 0 Å². The molecule has 0 spiro atoms. The number of hydrogen-bond donors (Lipinski definition) is 1. The molecule has 2 saturated heterocycles. The van der Waals surface area contributed by atoms with Crippen molar-refractivity contribution < 1.29 is 19.3 Å². The first-order valence-corrected chi connectivity index (χ1v) is 18.6. The number of aliphatic hydroxyl groups is 1. The summed E-state index contributed by atoms with van der Waals surface area (Å²) in [5, 5.41) is 16.4. The highest BCUT2D eigenvalue weighted by molar-refractivity contribution is 7.17. The Morgan fingerprint density at radius 2 is 1.20 bits per heavy atom. The Morgan fingerprint density at radius 1 is 0.689 bits per heavy atom. The fourth-order valence-corrected chi connectivity index (χ4v) is 8.59. The van der Waals surface area contributed by atoms with Crippen molar-refractivity contribution in [3.05, 3.63) is 52.4 Å². The summed E-state index contributed by atoms with van der Waals surface area (Å²) in [4.78, 5) is 15.7. The molecular formula is C34H45ClN4O4S2. The summed E-state index contributed by atoms with van der Waals surface area (Å²) < 4.78 is 17.1. The molecule has 0 amide bonds. The van der Waals surface area contributed by atoms with Crippen molar-refractivity contribution in [1.82, 2.24) is 19.8 Å². The minimum Gasteiger partial charge on any atom is -0.490 e. The zero-order valence-corrected chi connectivity index (χ0v) is 28.3. The first-order chi connectivity index (χ1) is 22.1. The zero-order valence-electron chi connectivity index (χ0n) is 25.9. The van der Waals surface area contributed by atoms with Gasteiger partial charge in [0.05, 0.1) is 49.0 Å². The van der Waals surface area contributed by atoms with E-state index in [0.29, 0.717) is 12.1 Å². The first-order valence-electron chi connectivity index (χ1n) is 16.4. The third-order valence-corrected chi connectivity index (χ3v) is 11.3. The van der Waals surface area contributed by atoms with Crippen molar-refractivity contribution in [3.8, 4) is 5.75 Å². The molecule has 4 aromatic rings. The van der Waals surface area contributed by atoms with Gasteiger partial charge in [-0.1, -0.05) is 11.6 Å². The summed E-state index contributed by atoms with van der Waals surface area (Å²) in [6, 6.07) is 9.34. The van der Waals surface area contributed by atoms with Crippen molar-refractivity contribution >= 4 is 54.7 Å². The molecule has 244 valence electrons. The van der Waals surface area contributed by atoms with Crippen LogP contribution in [0.15, 0.2) is 47.4 Å². The van der Waals surface area contributed by atoms with Gasteiger partial charge >= 0.3 is 0 Å². The topological polar surface area (TPSA) is 80.2 Å². The SMILES string of the molecule is Clc1ccnc2sccc12.OC1CCC(N2CCOCC2)CC1.c1cc(OC2CCC(N3CCOCC3)CC2)c2ccsc2n1. The second kappa shape index (κ2) is 16.8. The average Bonchev–Trinajstić information content (AvgIpc) is 3.79. The van der Waals surface area contributed by atoms with Crippen LogP contribution in [0.3, 0.4) is 0 Å². The van der Waals surface area contributed by atoms with Gasteiger partial charge in [-0.3, -0.25) is 9.80 Å². The quantitative estimate of drug-likeness (QED) is 0.251. The maximum atomic E-state index is 9.38. The molecular weight excluding hydrogens is 628 g/mol. The van der Waals surface area contributed by atoms with Gasteiger partial charge < -0.3 is 19.3 Å². The van der Waals surface area contributed by atoms with E-state index < -0.39 is 0 Å². The number of pyridine rings is 2. The van der Waals surface area contributed by atoms with Crippen LogP contribution >= 0.6 is 34.3 Å². The molecule has 0 radical (unpaired) electrons. The molecule has 6 heterocycles. The predicted octanol–water partition coefficient (Wildman–Crippen LogP) is 6.89. The maximum Gasteiger partial charge on any atom is 0.131 e. The van der Waals surface area contributed by atoms with E-state index in [-0.39, 0.29) is 6.10 Å². The number of aromatic nitrogens is 2. The normalized spacial score (nSPS) is 26.4. The van der Waals surface area contributed by atoms with Gasteiger partial charge in [0, 0.05) is 56.0 Å². The summed E-state index contributed by atoms with van der Waals surface area (Å²) in [6.45, 7) is 7.92. The monoisotopic (exact) mass is 672 g/mol. The molecule has 45 heavy (non-hydrogen) atoms. The molecule has 8 rings (SSSR count). The number of fused-ring (bicyclic) bond motifs is 2. The molecule has 4 fully saturated rings. The van der Waals surface area contributed by atoms with Crippen LogP contribution < -0.4 is 4.74 Å². The van der Waals surface area contributed by atoms with Gasteiger partial charge in [-0.25, -0.2) is 9.97 Å². The smallest absolute Gasteiger partial charge is 0.131 e. The lowest BCUT2D eigenvalue weighted by Gasteiger charge is -2.38. The second-order valence-corrected chi connectivity index (χ2v) is 14.4. The van der Waals surface area contributed by atoms with Gasteiger partial charge in [-0.2, -0.15) is 0 Å². The number of thiophene rings is 2. The predicted molar refractivity (Wildman–Crippen MR) is 184 cm³/mol. The fourth-order valence-electron chi connectivity index (χ4n) is 6.81. The van der Waals surface area contributed by atoms with E-state index in [1.807, 2.05) is 23.7 Å². The van der Waals surface area contributed by atoms with E-state index in [1.54, 1.807) is 34.9 Å². The van der Waals surface area contributed by atoms with Crippen LogP contribution in [0.25, 0.3) is 20.4 Å². The molecule has 8 nitrogen and oxygen atoms in total. The Kier molecular flexibility index (Phi) is 12.3. The number of ether oxygens (including phenoxy) is 3. The van der Waals surface area contributed by atoms with Gasteiger partial charge in [0.15, 0.2) is 0 Å². The number of rotatable bonds is 4. The van der Waals surface area contributed by atoms with E-state index in [9.17, 15) is 5.11 Å². The number of hydrogen-bond acceptors (Lipinski definition) is 10. The summed E-state index contributed by atoms with van der Waals surface area (Å²) >= 11 is 9.14. The number of halogens is 1. The van der Waals surface area contributed by atoms with Crippen molar-refractivity contribution in [2.45, 2.75) is 75.7 Å². The Morgan fingerprint density at radius 3 is 1.78 bits per heavy atom. The highest BCUT2D eigenvalue weighted by Gasteiger charge is 2.28. The van der Waals surface area contributed by atoms with Crippen LogP contribution in [0.2, 0.25) is 5.02 Å². The Labute approximate surface area is 279 Å². The van der Waals surface area contributed by atoms with Gasteiger partial charge in [0.1, 0.15) is 15.4 Å². The third kappa shape index (κ3) is 9.14. The summed E-state index contributed by atoms with van der Waals surface area (Å²) in [7, 11) is 0. The molecule has 2 saturated carbocycles. The van der Waals surface area contributed by atoms with Crippen LogP contribution in [-0.2, 0) is 9.47 Å². The highest BCUT2D eigenvalue weighted by atomic mass is 35.5. The molecule has 4 aromatic heterocycles.